The van der Waals surface area contributed by atoms with E-state index in [0.717, 1.165) is 0 Å². The molecule has 2 aromatic rings. The van der Waals surface area contributed by atoms with E-state index in [4.69, 9.17) is 11.6 Å². The second-order valence-corrected chi connectivity index (χ2v) is 6.01. The molecule has 1 aromatic heterocycles. The number of rotatable bonds is 2. The summed E-state index contributed by atoms with van der Waals surface area (Å²) in [5, 5.41) is 0.255. The van der Waals surface area contributed by atoms with E-state index in [-0.39, 0.29) is 10.7 Å². The number of ether oxygens (including phenoxy) is 1. The number of carbonyl (C=O) groups excluding carboxylic acids is 1. The fraction of sp³-hybridized carbons (Fsp3) is 0.0909. The summed E-state index contributed by atoms with van der Waals surface area (Å²) >= 11 is 10.2. The minimum absolute atomic E-state index is 0.135. The van der Waals surface area contributed by atoms with Crippen LogP contribution < -0.4 is 0 Å². The van der Waals surface area contributed by atoms with Crippen molar-refractivity contribution in [3.8, 4) is 10.4 Å². The van der Waals surface area contributed by atoms with Crippen molar-refractivity contribution < 1.29 is 13.9 Å². The Hall–Kier alpha value is -0.980. The van der Waals surface area contributed by atoms with Gasteiger partial charge in [0.25, 0.3) is 0 Å². The number of thiazole rings is 1. The number of methoxy groups -OCH3 is 1. The lowest BCUT2D eigenvalue weighted by Crippen LogP contribution is -2.03. The Morgan fingerprint density at radius 1 is 1.50 bits per heavy atom. The van der Waals surface area contributed by atoms with Crippen LogP contribution in [0.15, 0.2) is 22.1 Å². The maximum absolute atomic E-state index is 13.3. The number of hydrogen-bond donors (Lipinski definition) is 0. The monoisotopic (exact) mass is 349 g/mol. The van der Waals surface area contributed by atoms with E-state index in [2.05, 4.69) is 25.7 Å². The summed E-state index contributed by atoms with van der Waals surface area (Å²) in [5.74, 6) is -1.05. The molecule has 3 nitrogen and oxygen atoms in total. The molecule has 0 bridgehead atoms. The normalized spacial score (nSPS) is 10.4. The van der Waals surface area contributed by atoms with Crippen LogP contribution in [0.4, 0.5) is 4.39 Å². The Balaban J connectivity index is 2.59. The van der Waals surface area contributed by atoms with Gasteiger partial charge >= 0.3 is 5.97 Å². The highest BCUT2D eigenvalue weighted by molar-refractivity contribution is 9.11. The summed E-state index contributed by atoms with van der Waals surface area (Å²) in [6.07, 6.45) is 0. The quantitative estimate of drug-likeness (QED) is 0.764. The number of carbonyl (C=O) groups is 1. The van der Waals surface area contributed by atoms with E-state index < -0.39 is 11.8 Å². The average Bonchev–Trinajstić information content (AvgIpc) is 2.69. The Labute approximate surface area is 120 Å². The molecule has 1 aromatic carbocycles. The van der Waals surface area contributed by atoms with E-state index in [1.54, 1.807) is 6.07 Å². The average molecular weight is 351 g/mol. The minimum Gasteiger partial charge on any atom is -0.464 e. The molecule has 2 rings (SSSR count). The summed E-state index contributed by atoms with van der Waals surface area (Å²) in [7, 11) is 1.26. The number of halogens is 3. The van der Waals surface area contributed by atoms with Crippen molar-refractivity contribution in [2.24, 2.45) is 0 Å². The molecule has 0 atom stereocenters. The molecule has 0 unspecified atom stereocenters. The lowest BCUT2D eigenvalue weighted by Gasteiger charge is -2.02. The van der Waals surface area contributed by atoms with Gasteiger partial charge in [-0.1, -0.05) is 11.6 Å². The van der Waals surface area contributed by atoms with Crippen molar-refractivity contribution in [2.45, 2.75) is 0 Å². The molecule has 18 heavy (non-hydrogen) atoms. The number of benzene rings is 1. The van der Waals surface area contributed by atoms with Gasteiger partial charge in [-0.2, -0.15) is 0 Å². The maximum Gasteiger partial charge on any atom is 0.358 e. The Morgan fingerprint density at radius 2 is 2.22 bits per heavy atom. The second kappa shape index (κ2) is 5.34. The molecule has 7 heteroatoms. The number of hydrogen-bond acceptors (Lipinski definition) is 4. The molecule has 1 heterocycles. The largest absolute Gasteiger partial charge is 0.464 e. The van der Waals surface area contributed by atoms with Crippen molar-refractivity contribution >= 4 is 44.8 Å². The SMILES string of the molecule is COC(=O)c1nc(Br)sc1-c1cc(F)cc(Cl)c1. The first kappa shape index (κ1) is 13.5. The summed E-state index contributed by atoms with van der Waals surface area (Å²) in [6, 6.07) is 4.05. The van der Waals surface area contributed by atoms with Gasteiger partial charge in [-0.05, 0) is 39.7 Å². The van der Waals surface area contributed by atoms with Gasteiger partial charge in [-0.3, -0.25) is 0 Å². The molecule has 94 valence electrons. The van der Waals surface area contributed by atoms with Crippen LogP contribution in [-0.4, -0.2) is 18.1 Å². The first-order valence-corrected chi connectivity index (χ1v) is 6.71. The smallest absolute Gasteiger partial charge is 0.358 e. The Kier molecular flexibility index (Phi) is 3.99. The number of aromatic nitrogens is 1. The summed E-state index contributed by atoms with van der Waals surface area (Å²) in [4.78, 5) is 16.1. The van der Waals surface area contributed by atoms with Gasteiger partial charge in [-0.15, -0.1) is 11.3 Å². The van der Waals surface area contributed by atoms with Gasteiger partial charge in [0.2, 0.25) is 0 Å². The van der Waals surface area contributed by atoms with Gasteiger partial charge in [0.15, 0.2) is 9.61 Å². The lowest BCUT2D eigenvalue weighted by molar-refractivity contribution is 0.0595. The van der Waals surface area contributed by atoms with Crippen molar-refractivity contribution in [3.05, 3.63) is 38.6 Å². The highest BCUT2D eigenvalue weighted by atomic mass is 79.9. The standard InChI is InChI=1S/C11H6BrClFNO2S/c1-17-10(16)8-9(18-11(12)15-8)5-2-6(13)4-7(14)3-5/h2-4H,1H3. The van der Waals surface area contributed by atoms with Crippen LogP contribution in [0, 0.1) is 5.82 Å². The molecule has 0 radical (unpaired) electrons. The molecule has 0 saturated carbocycles. The predicted molar refractivity (Wildman–Crippen MR) is 71.6 cm³/mol. The van der Waals surface area contributed by atoms with Gasteiger partial charge in [0.05, 0.1) is 12.0 Å². The summed E-state index contributed by atoms with van der Waals surface area (Å²) < 4.78 is 18.4. The zero-order chi connectivity index (χ0) is 13.3. The molecule has 0 fully saturated rings. The van der Waals surface area contributed by atoms with Gasteiger partial charge in [0, 0.05) is 5.02 Å². The topological polar surface area (TPSA) is 39.2 Å². The van der Waals surface area contributed by atoms with E-state index >= 15 is 0 Å². The third-order valence-electron chi connectivity index (χ3n) is 2.10. The first-order valence-electron chi connectivity index (χ1n) is 4.72. The summed E-state index contributed by atoms with van der Waals surface area (Å²) in [6.45, 7) is 0. The highest BCUT2D eigenvalue weighted by Crippen LogP contribution is 2.35. The third-order valence-corrected chi connectivity index (χ3v) is 3.88. The van der Waals surface area contributed by atoms with E-state index in [9.17, 15) is 9.18 Å². The van der Waals surface area contributed by atoms with Gasteiger partial charge < -0.3 is 4.74 Å². The lowest BCUT2D eigenvalue weighted by atomic mass is 10.1. The molecular weight excluding hydrogens is 345 g/mol. The maximum atomic E-state index is 13.3. The minimum atomic E-state index is -0.577. The van der Waals surface area contributed by atoms with E-state index in [1.165, 1.54) is 30.6 Å². The molecule has 0 aliphatic carbocycles. The van der Waals surface area contributed by atoms with Crippen LogP contribution in [0.25, 0.3) is 10.4 Å². The van der Waals surface area contributed by atoms with Crippen LogP contribution in [0.3, 0.4) is 0 Å². The van der Waals surface area contributed by atoms with Crippen LogP contribution in [0.1, 0.15) is 10.5 Å². The highest BCUT2D eigenvalue weighted by Gasteiger charge is 2.20. The second-order valence-electron chi connectivity index (χ2n) is 3.29. The predicted octanol–water partition coefficient (Wildman–Crippen LogP) is 4.15. The van der Waals surface area contributed by atoms with Crippen LogP contribution in [0.5, 0.6) is 0 Å². The molecule has 0 aliphatic heterocycles. The molecule has 0 N–H and O–H groups in total. The molecule has 0 amide bonds. The van der Waals surface area contributed by atoms with Crippen molar-refractivity contribution in [1.82, 2.24) is 4.98 Å². The van der Waals surface area contributed by atoms with E-state index in [0.29, 0.717) is 14.4 Å². The van der Waals surface area contributed by atoms with Crippen molar-refractivity contribution in [3.63, 3.8) is 0 Å². The summed E-state index contributed by atoms with van der Waals surface area (Å²) in [5.41, 5.74) is 0.625. The van der Waals surface area contributed by atoms with Crippen LogP contribution in [-0.2, 0) is 4.74 Å². The molecule has 0 saturated heterocycles. The fourth-order valence-corrected chi connectivity index (χ4v) is 3.06. The zero-order valence-corrected chi connectivity index (χ0v) is 12.2. The Morgan fingerprint density at radius 3 is 2.83 bits per heavy atom. The van der Waals surface area contributed by atoms with E-state index in [1.807, 2.05) is 0 Å². The molecular formula is C11H6BrClFNO2S. The molecule has 0 spiro atoms. The van der Waals surface area contributed by atoms with Crippen LogP contribution >= 0.6 is 38.9 Å². The zero-order valence-electron chi connectivity index (χ0n) is 9.04. The Bertz CT molecular complexity index is 597. The number of nitrogens with zero attached hydrogens (tertiary/aromatic N) is 1. The van der Waals surface area contributed by atoms with Gasteiger partial charge in [-0.25, -0.2) is 14.2 Å². The van der Waals surface area contributed by atoms with Crippen LogP contribution in [0.2, 0.25) is 5.02 Å². The first-order chi connectivity index (χ1) is 8.51. The number of esters is 1. The van der Waals surface area contributed by atoms with Gasteiger partial charge in [0.1, 0.15) is 5.82 Å². The van der Waals surface area contributed by atoms with Crippen molar-refractivity contribution in [2.75, 3.05) is 7.11 Å². The fourth-order valence-electron chi connectivity index (χ4n) is 1.41. The van der Waals surface area contributed by atoms with Crippen molar-refractivity contribution in [1.29, 1.82) is 0 Å². The molecule has 0 aliphatic rings. The third kappa shape index (κ3) is 2.71.